The molecule has 14 heteroatoms. The fourth-order valence-corrected chi connectivity index (χ4v) is 7.46. The van der Waals surface area contributed by atoms with Crippen molar-refractivity contribution in [2.45, 2.75) is 37.5 Å². The number of benzene rings is 2. The number of imidazole rings is 2. The van der Waals surface area contributed by atoms with Gasteiger partial charge in [0.25, 0.3) is 0 Å². The molecule has 2 aliphatic rings. The molecule has 0 aliphatic heterocycles. The summed E-state index contributed by atoms with van der Waals surface area (Å²) in [6, 6.07) is 20.8. The molecular formula is C42H36F2N10O2. The first-order chi connectivity index (χ1) is 27.3. The van der Waals surface area contributed by atoms with Gasteiger partial charge in [-0.3, -0.25) is 27.8 Å². The summed E-state index contributed by atoms with van der Waals surface area (Å²) >= 11 is 0. The lowest BCUT2D eigenvalue weighted by Gasteiger charge is -2.10. The van der Waals surface area contributed by atoms with Gasteiger partial charge in [-0.25, -0.2) is 18.7 Å². The minimum atomic E-state index is -0.270. The van der Waals surface area contributed by atoms with Crippen molar-refractivity contribution in [2.24, 2.45) is 14.1 Å². The zero-order valence-electron chi connectivity index (χ0n) is 30.5. The molecule has 0 saturated heterocycles. The average Bonchev–Trinajstić information content (AvgIpc) is 4.10. The van der Waals surface area contributed by atoms with Crippen LogP contribution in [0.15, 0.2) is 97.6 Å². The van der Waals surface area contributed by atoms with Gasteiger partial charge in [0, 0.05) is 77.4 Å². The Hall–Kier alpha value is -6.96. The standard InChI is InChI=1S/2C21H18FN5O/c1-26-21(14-2-3-14)19(20(25-26)13-4-7-16(22)8-5-13)15-6-9-17-23-10-18(24-12-28)27(17)11-15;1-26-21(14-4-7-16(22)8-5-14)19(20(25-26)13-2-3-13)15-6-9-17-23-10-18(24-12-28)27(17)11-15/h4-12,14H,2-3H2,1H3,(H,24,28);4-13H,2-3H2,1H3,(H,24,28). The predicted octanol–water partition coefficient (Wildman–Crippen LogP) is 7.97. The number of aryl methyl sites for hydroxylation is 2. The summed E-state index contributed by atoms with van der Waals surface area (Å²) in [4.78, 5) is 30.4. The molecule has 0 bridgehead atoms. The van der Waals surface area contributed by atoms with Gasteiger partial charge in [0.1, 0.15) is 40.3 Å². The molecule has 0 radical (unpaired) electrons. The summed E-state index contributed by atoms with van der Waals surface area (Å²) in [5.41, 5.74) is 11.3. The number of hydrogen-bond acceptors (Lipinski definition) is 6. The monoisotopic (exact) mass is 750 g/mol. The third-order valence-corrected chi connectivity index (χ3v) is 10.3. The lowest BCUT2D eigenvalue weighted by molar-refractivity contribution is -0.106. The van der Waals surface area contributed by atoms with Gasteiger partial charge >= 0.3 is 0 Å². The van der Waals surface area contributed by atoms with Crippen molar-refractivity contribution in [3.05, 3.63) is 121 Å². The van der Waals surface area contributed by atoms with Crippen molar-refractivity contribution in [1.29, 1.82) is 0 Å². The fraction of sp³-hybridized carbons (Fsp3) is 0.190. The molecule has 2 fully saturated rings. The number of pyridine rings is 2. The Labute approximate surface area is 319 Å². The highest BCUT2D eigenvalue weighted by molar-refractivity contribution is 5.86. The predicted molar refractivity (Wildman–Crippen MR) is 209 cm³/mol. The molecule has 2 aromatic carbocycles. The summed E-state index contributed by atoms with van der Waals surface area (Å²) in [5, 5.41) is 14.9. The van der Waals surface area contributed by atoms with Crippen LogP contribution in [-0.4, -0.2) is 51.2 Å². The van der Waals surface area contributed by atoms with Gasteiger partial charge < -0.3 is 10.6 Å². The molecule has 0 unspecified atom stereocenters. The minimum absolute atomic E-state index is 0.265. The summed E-state index contributed by atoms with van der Waals surface area (Å²) < 4.78 is 34.4. The number of amides is 2. The highest BCUT2D eigenvalue weighted by atomic mass is 19.1. The quantitative estimate of drug-likeness (QED) is 0.137. The maximum absolute atomic E-state index is 13.5. The van der Waals surface area contributed by atoms with Crippen LogP contribution in [0.4, 0.5) is 20.4 Å². The highest BCUT2D eigenvalue weighted by Gasteiger charge is 2.34. The zero-order chi connectivity index (χ0) is 38.5. The van der Waals surface area contributed by atoms with Crippen molar-refractivity contribution >= 4 is 35.8 Å². The van der Waals surface area contributed by atoms with Crippen molar-refractivity contribution in [2.75, 3.05) is 10.6 Å². The Kier molecular flexibility index (Phi) is 8.72. The van der Waals surface area contributed by atoms with Crippen LogP contribution in [-0.2, 0) is 23.7 Å². The number of nitrogens with one attached hydrogen (secondary N) is 2. The molecule has 0 spiro atoms. The van der Waals surface area contributed by atoms with Crippen molar-refractivity contribution in [3.63, 3.8) is 0 Å². The van der Waals surface area contributed by atoms with E-state index in [4.69, 9.17) is 10.2 Å². The SMILES string of the molecule is Cn1nc(-c2ccc(F)cc2)c(-c2ccc3ncc(NC=O)n3c2)c1C1CC1.Cn1nc(C2CC2)c(-c2ccc3ncc(NC=O)n3c2)c1-c1ccc(F)cc1. The van der Waals surface area contributed by atoms with E-state index in [9.17, 15) is 18.4 Å². The Morgan fingerprint density at radius 3 is 1.62 bits per heavy atom. The maximum Gasteiger partial charge on any atom is 0.212 e. The molecule has 6 heterocycles. The van der Waals surface area contributed by atoms with Gasteiger partial charge in [0.05, 0.1) is 23.8 Å². The number of fused-ring (bicyclic) bond motifs is 2. The van der Waals surface area contributed by atoms with Crippen molar-refractivity contribution < 1.29 is 18.4 Å². The lowest BCUT2D eigenvalue weighted by atomic mass is 9.98. The zero-order valence-corrected chi connectivity index (χ0v) is 30.5. The van der Waals surface area contributed by atoms with Crippen LogP contribution in [0.1, 0.15) is 48.9 Å². The Morgan fingerprint density at radius 2 is 1.11 bits per heavy atom. The van der Waals surface area contributed by atoms with Crippen LogP contribution < -0.4 is 10.6 Å². The Bertz CT molecular complexity index is 2670. The largest absolute Gasteiger partial charge is 0.313 e. The lowest BCUT2D eigenvalue weighted by Crippen LogP contribution is -1.99. The van der Waals surface area contributed by atoms with Crippen molar-refractivity contribution in [3.8, 4) is 44.8 Å². The van der Waals surface area contributed by atoms with Crippen LogP contribution in [0.5, 0.6) is 0 Å². The van der Waals surface area contributed by atoms with E-state index in [0.717, 1.165) is 87.4 Å². The topological polar surface area (TPSA) is 128 Å². The number of anilines is 2. The Balaban J connectivity index is 0.000000146. The molecule has 2 aliphatic carbocycles. The van der Waals surface area contributed by atoms with E-state index >= 15 is 0 Å². The van der Waals surface area contributed by atoms with Gasteiger partial charge in [0.15, 0.2) is 0 Å². The second kappa shape index (κ2) is 14.0. The van der Waals surface area contributed by atoms with Crippen molar-refractivity contribution in [1.82, 2.24) is 38.3 Å². The smallest absolute Gasteiger partial charge is 0.212 e. The van der Waals surface area contributed by atoms with Gasteiger partial charge in [-0.1, -0.05) is 0 Å². The first-order valence-electron chi connectivity index (χ1n) is 18.3. The second-order valence-electron chi connectivity index (χ2n) is 14.1. The van der Waals surface area contributed by atoms with Crippen LogP contribution in [0.25, 0.3) is 56.1 Å². The summed E-state index contributed by atoms with van der Waals surface area (Å²) in [6.45, 7) is 0. The number of aromatic nitrogens is 8. The van der Waals surface area contributed by atoms with Gasteiger partial charge in [-0.15, -0.1) is 0 Å². The van der Waals surface area contributed by atoms with E-state index in [1.165, 1.54) is 30.0 Å². The summed E-state index contributed by atoms with van der Waals surface area (Å²) in [6.07, 6.45) is 13.0. The first kappa shape index (κ1) is 34.8. The van der Waals surface area contributed by atoms with Crippen LogP contribution in [0.3, 0.4) is 0 Å². The highest BCUT2D eigenvalue weighted by Crippen LogP contribution is 2.48. The molecule has 56 heavy (non-hydrogen) atoms. The number of rotatable bonds is 10. The molecule has 2 amide bonds. The van der Waals surface area contributed by atoms with E-state index in [0.29, 0.717) is 36.3 Å². The van der Waals surface area contributed by atoms with Crippen LogP contribution in [0.2, 0.25) is 0 Å². The molecule has 2 saturated carbocycles. The van der Waals surface area contributed by atoms with E-state index < -0.39 is 0 Å². The third-order valence-electron chi connectivity index (χ3n) is 10.3. The number of carbonyl (C=O) groups excluding carboxylic acids is 2. The average molecular weight is 751 g/mol. The number of nitrogens with zero attached hydrogens (tertiary/aromatic N) is 8. The fourth-order valence-electron chi connectivity index (χ4n) is 7.46. The maximum atomic E-state index is 13.5. The number of halogens is 2. The normalized spacial score (nSPS) is 13.8. The third kappa shape index (κ3) is 6.38. The molecule has 6 aromatic heterocycles. The molecular weight excluding hydrogens is 715 g/mol. The first-order valence-corrected chi connectivity index (χ1v) is 18.3. The molecule has 280 valence electrons. The van der Waals surface area contributed by atoms with E-state index in [2.05, 4.69) is 20.6 Å². The van der Waals surface area contributed by atoms with E-state index in [-0.39, 0.29) is 11.6 Å². The number of hydrogen-bond donors (Lipinski definition) is 2. The molecule has 8 aromatic rings. The molecule has 0 atom stereocenters. The Morgan fingerprint density at radius 1 is 0.607 bits per heavy atom. The van der Waals surface area contributed by atoms with Crippen LogP contribution >= 0.6 is 0 Å². The number of carbonyl (C=O) groups is 2. The molecule has 10 rings (SSSR count). The van der Waals surface area contributed by atoms with Crippen LogP contribution in [0, 0.1) is 11.6 Å². The second-order valence-corrected chi connectivity index (χ2v) is 14.1. The van der Waals surface area contributed by atoms with Gasteiger partial charge in [-0.05, 0) is 98.5 Å². The van der Waals surface area contributed by atoms with Gasteiger partial charge in [0.2, 0.25) is 12.8 Å². The summed E-state index contributed by atoms with van der Waals surface area (Å²) in [5.74, 6) is 1.60. The summed E-state index contributed by atoms with van der Waals surface area (Å²) in [7, 11) is 3.88. The molecule has 12 nitrogen and oxygen atoms in total. The van der Waals surface area contributed by atoms with E-state index in [1.807, 2.05) is 68.9 Å². The van der Waals surface area contributed by atoms with E-state index in [1.54, 1.807) is 36.7 Å². The minimum Gasteiger partial charge on any atom is -0.313 e. The molecule has 2 N–H and O–H groups in total. The van der Waals surface area contributed by atoms with Gasteiger partial charge in [-0.2, -0.15) is 10.2 Å².